The molecule has 0 heterocycles. The van der Waals surface area contributed by atoms with E-state index in [4.69, 9.17) is 5.84 Å². The molecule has 2 aromatic rings. The Balaban J connectivity index is 2.37. The number of benzene rings is 2. The Morgan fingerprint density at radius 3 is 2.38 bits per heavy atom. The van der Waals surface area contributed by atoms with E-state index in [0.29, 0.717) is 5.69 Å². The molecular formula is C15H17BFN3O3S. The van der Waals surface area contributed by atoms with Gasteiger partial charge in [-0.3, -0.25) is 14.5 Å². The van der Waals surface area contributed by atoms with Crippen molar-refractivity contribution >= 4 is 34.9 Å². The third-order valence-electron chi connectivity index (χ3n) is 3.48. The van der Waals surface area contributed by atoms with Crippen molar-refractivity contribution in [2.45, 2.75) is 6.54 Å². The van der Waals surface area contributed by atoms with Crippen LogP contribution in [-0.2, 0) is 16.6 Å². The van der Waals surface area contributed by atoms with Gasteiger partial charge in [0.2, 0.25) is 10.0 Å². The van der Waals surface area contributed by atoms with Crippen LogP contribution in [0.3, 0.4) is 0 Å². The molecule has 0 atom stereocenters. The molecule has 0 bridgehead atoms. The van der Waals surface area contributed by atoms with E-state index in [-0.39, 0.29) is 17.7 Å². The van der Waals surface area contributed by atoms with Crippen LogP contribution in [0.2, 0.25) is 0 Å². The minimum atomic E-state index is -3.61. The van der Waals surface area contributed by atoms with Crippen LogP contribution < -0.4 is 21.0 Å². The first-order valence-corrected chi connectivity index (χ1v) is 8.91. The summed E-state index contributed by atoms with van der Waals surface area (Å²) in [6.07, 6.45) is 1.06. The van der Waals surface area contributed by atoms with Gasteiger partial charge < -0.3 is 0 Å². The van der Waals surface area contributed by atoms with Gasteiger partial charge in [-0.05, 0) is 24.3 Å². The van der Waals surface area contributed by atoms with Gasteiger partial charge in [-0.1, -0.05) is 23.7 Å². The summed E-state index contributed by atoms with van der Waals surface area (Å²) in [5, 5.41) is 0. The maximum atomic E-state index is 14.2. The Hall–Kier alpha value is -2.39. The van der Waals surface area contributed by atoms with Crippen molar-refractivity contribution in [1.29, 1.82) is 0 Å². The topological polar surface area (TPSA) is 92.5 Å². The minimum absolute atomic E-state index is 0.0555. The first-order chi connectivity index (χ1) is 11.2. The van der Waals surface area contributed by atoms with E-state index in [0.717, 1.165) is 22.1 Å². The second-order valence-electron chi connectivity index (χ2n) is 5.38. The third kappa shape index (κ3) is 4.12. The number of sulfonamides is 1. The van der Waals surface area contributed by atoms with Gasteiger partial charge in [0.1, 0.15) is 13.7 Å². The van der Waals surface area contributed by atoms with E-state index in [1.54, 1.807) is 24.3 Å². The summed E-state index contributed by atoms with van der Waals surface area (Å²) < 4.78 is 39.5. The first kappa shape index (κ1) is 18.0. The normalized spacial score (nSPS) is 11.1. The number of halogens is 1. The highest BCUT2D eigenvalue weighted by Crippen LogP contribution is 2.21. The molecule has 0 aliphatic rings. The number of amides is 1. The van der Waals surface area contributed by atoms with Crippen molar-refractivity contribution in [3.63, 3.8) is 0 Å². The van der Waals surface area contributed by atoms with Crippen LogP contribution >= 0.6 is 0 Å². The van der Waals surface area contributed by atoms with Crippen molar-refractivity contribution in [2.75, 3.05) is 10.6 Å². The van der Waals surface area contributed by atoms with E-state index in [1.807, 2.05) is 13.3 Å². The van der Waals surface area contributed by atoms with Crippen molar-refractivity contribution in [3.8, 4) is 0 Å². The lowest BCUT2D eigenvalue weighted by molar-refractivity contribution is 0.0953. The lowest BCUT2D eigenvalue weighted by atomic mass is 9.96. The number of carbonyl (C=O) groups excluding carboxylic acids is 1. The Labute approximate surface area is 140 Å². The summed E-state index contributed by atoms with van der Waals surface area (Å²) in [5.74, 6) is 3.70. The fraction of sp³-hybridized carbons (Fsp3) is 0.133. The van der Waals surface area contributed by atoms with Crippen molar-refractivity contribution in [2.24, 2.45) is 5.84 Å². The summed E-state index contributed by atoms with van der Waals surface area (Å²) in [6, 6.07) is 10.6. The van der Waals surface area contributed by atoms with E-state index in [9.17, 15) is 17.6 Å². The molecule has 0 saturated heterocycles. The Morgan fingerprint density at radius 2 is 1.88 bits per heavy atom. The zero-order chi connectivity index (χ0) is 17.9. The Kier molecular flexibility index (Phi) is 5.25. The fourth-order valence-electron chi connectivity index (χ4n) is 2.17. The quantitative estimate of drug-likeness (QED) is 0.334. The Morgan fingerprint density at radius 1 is 1.25 bits per heavy atom. The van der Waals surface area contributed by atoms with Crippen LogP contribution in [0.5, 0.6) is 0 Å². The predicted molar refractivity (Wildman–Crippen MR) is 93.7 cm³/mol. The number of nitrogens with two attached hydrogens (primary N) is 1. The number of hydrogen-bond donors (Lipinski definition) is 2. The highest BCUT2D eigenvalue weighted by Gasteiger charge is 2.20. The molecule has 6 nitrogen and oxygen atoms in total. The van der Waals surface area contributed by atoms with Crippen LogP contribution in [-0.4, -0.2) is 28.4 Å². The molecule has 126 valence electrons. The SMILES string of the molecule is Bc1ccc(N(Cc2ccc(C(=O)NN)cc2F)S(C)(=O)=O)cc1. The monoisotopic (exact) mass is 349 g/mol. The van der Waals surface area contributed by atoms with Gasteiger partial charge in [0.05, 0.1) is 18.5 Å². The molecule has 0 spiro atoms. The molecule has 0 fully saturated rings. The summed E-state index contributed by atoms with van der Waals surface area (Å²) in [4.78, 5) is 11.4. The number of nitrogens with one attached hydrogen (secondary N) is 1. The fourth-order valence-corrected chi connectivity index (χ4v) is 3.04. The molecular weight excluding hydrogens is 332 g/mol. The maximum Gasteiger partial charge on any atom is 0.265 e. The zero-order valence-corrected chi connectivity index (χ0v) is 14.1. The Bertz CT molecular complexity index is 857. The standard InChI is InChI=1S/C15H17BFN3O3S/c1-24(22,23)20(13-6-4-12(16)5-7-13)9-11-3-2-10(8-14(11)17)15(21)19-18/h2-8H,9,16,18H2,1H3,(H,19,21). The molecule has 0 saturated carbocycles. The van der Waals surface area contributed by atoms with Crippen molar-refractivity contribution in [1.82, 2.24) is 5.43 Å². The molecule has 0 aliphatic carbocycles. The van der Waals surface area contributed by atoms with Gasteiger partial charge in [0.15, 0.2) is 0 Å². The molecule has 2 aromatic carbocycles. The molecule has 0 aliphatic heterocycles. The highest BCUT2D eigenvalue weighted by atomic mass is 32.2. The summed E-state index contributed by atoms with van der Waals surface area (Å²) in [5.41, 5.74) is 3.53. The number of hydrazine groups is 1. The summed E-state index contributed by atoms with van der Waals surface area (Å²) in [6.45, 7) is -0.182. The van der Waals surface area contributed by atoms with Crippen LogP contribution in [0.25, 0.3) is 0 Å². The van der Waals surface area contributed by atoms with Crippen molar-refractivity contribution in [3.05, 3.63) is 59.4 Å². The van der Waals surface area contributed by atoms with Crippen LogP contribution in [0.15, 0.2) is 42.5 Å². The molecule has 3 N–H and O–H groups in total. The molecule has 0 radical (unpaired) electrons. The van der Waals surface area contributed by atoms with Crippen LogP contribution in [0, 0.1) is 5.82 Å². The smallest absolute Gasteiger partial charge is 0.265 e. The van der Waals surface area contributed by atoms with Gasteiger partial charge in [0.25, 0.3) is 5.91 Å². The number of anilines is 1. The van der Waals surface area contributed by atoms with Crippen molar-refractivity contribution < 1.29 is 17.6 Å². The van der Waals surface area contributed by atoms with E-state index in [2.05, 4.69) is 0 Å². The van der Waals surface area contributed by atoms with Crippen LogP contribution in [0.4, 0.5) is 10.1 Å². The lowest BCUT2D eigenvalue weighted by Gasteiger charge is -2.23. The maximum absolute atomic E-state index is 14.2. The summed E-state index contributed by atoms with van der Waals surface area (Å²) >= 11 is 0. The lowest BCUT2D eigenvalue weighted by Crippen LogP contribution is -2.31. The largest absolute Gasteiger partial charge is 0.290 e. The van der Waals surface area contributed by atoms with Gasteiger partial charge in [0, 0.05) is 11.1 Å². The molecule has 0 unspecified atom stereocenters. The zero-order valence-electron chi connectivity index (χ0n) is 13.3. The molecule has 2 rings (SSSR count). The van der Waals surface area contributed by atoms with Gasteiger partial charge in [-0.2, -0.15) is 0 Å². The van der Waals surface area contributed by atoms with E-state index < -0.39 is 21.7 Å². The van der Waals surface area contributed by atoms with Crippen LogP contribution in [0.1, 0.15) is 15.9 Å². The van der Waals surface area contributed by atoms with Gasteiger partial charge in [-0.25, -0.2) is 18.7 Å². The second-order valence-corrected chi connectivity index (χ2v) is 7.29. The molecule has 1 amide bonds. The second kappa shape index (κ2) is 7.02. The number of nitrogen functional groups attached to an aromatic ring is 1. The summed E-state index contributed by atoms with van der Waals surface area (Å²) in [7, 11) is -1.73. The highest BCUT2D eigenvalue weighted by molar-refractivity contribution is 7.92. The molecule has 24 heavy (non-hydrogen) atoms. The van der Waals surface area contributed by atoms with Gasteiger partial charge in [-0.15, -0.1) is 0 Å². The molecule has 9 heteroatoms. The average molecular weight is 349 g/mol. The average Bonchev–Trinajstić information content (AvgIpc) is 2.53. The predicted octanol–water partition coefficient (Wildman–Crippen LogP) is -0.346. The third-order valence-corrected chi connectivity index (χ3v) is 4.62. The van der Waals surface area contributed by atoms with Gasteiger partial charge >= 0.3 is 0 Å². The number of carbonyl (C=O) groups is 1. The number of rotatable bonds is 5. The van der Waals surface area contributed by atoms with E-state index >= 15 is 0 Å². The number of nitrogens with zero attached hydrogens (tertiary/aromatic N) is 1. The number of hydrogen-bond acceptors (Lipinski definition) is 4. The first-order valence-electron chi connectivity index (χ1n) is 7.06. The minimum Gasteiger partial charge on any atom is -0.290 e. The van der Waals surface area contributed by atoms with E-state index in [1.165, 1.54) is 12.1 Å². The molecule has 0 aromatic heterocycles.